The molecule has 0 bridgehead atoms. The van der Waals surface area contributed by atoms with E-state index < -0.39 is 5.97 Å². The number of carboxylic acid groups (broad SMARTS) is 1. The molecule has 0 aliphatic rings. The largest absolute Gasteiger partial charge is 0.478 e. The van der Waals surface area contributed by atoms with Crippen LogP contribution in [0, 0.1) is 19.7 Å². The van der Waals surface area contributed by atoms with E-state index in [1.807, 2.05) is 0 Å². The Morgan fingerprint density at radius 1 is 1.33 bits per heavy atom. The van der Waals surface area contributed by atoms with E-state index in [1.165, 1.54) is 12.1 Å². The van der Waals surface area contributed by atoms with Gasteiger partial charge >= 0.3 is 5.97 Å². The molecule has 4 nitrogen and oxygen atoms in total. The second-order valence-electron chi connectivity index (χ2n) is 4.73. The number of halogens is 2. The molecule has 0 aliphatic heterocycles. The summed E-state index contributed by atoms with van der Waals surface area (Å²) in [4.78, 5) is 15.1. The molecule has 1 aromatic carbocycles. The molecule has 1 heterocycles. The standard InChI is InChI=1S/C15H14ClFN2O2/c1-8-5-10(6-9(2)13(8)17)7-18-14-11(15(20)21)3-4-12(16)19-14/h3-6H,7H2,1-2H3,(H,18,19)(H,20,21). The van der Waals surface area contributed by atoms with Gasteiger partial charge < -0.3 is 10.4 Å². The van der Waals surface area contributed by atoms with Crippen LogP contribution in [-0.2, 0) is 6.54 Å². The van der Waals surface area contributed by atoms with Gasteiger partial charge in [-0.3, -0.25) is 0 Å². The number of carbonyl (C=O) groups is 1. The van der Waals surface area contributed by atoms with E-state index in [-0.39, 0.29) is 22.4 Å². The molecule has 0 atom stereocenters. The molecule has 0 saturated carbocycles. The fourth-order valence-corrected chi connectivity index (χ4v) is 2.21. The number of aromatic nitrogens is 1. The molecular formula is C15H14ClFN2O2. The molecule has 0 unspecified atom stereocenters. The molecule has 21 heavy (non-hydrogen) atoms. The number of nitrogens with one attached hydrogen (secondary N) is 1. The van der Waals surface area contributed by atoms with Crippen LogP contribution in [-0.4, -0.2) is 16.1 Å². The lowest BCUT2D eigenvalue weighted by atomic mass is 10.1. The quantitative estimate of drug-likeness (QED) is 0.843. The van der Waals surface area contributed by atoms with Crippen molar-refractivity contribution in [2.24, 2.45) is 0 Å². The van der Waals surface area contributed by atoms with Crippen molar-refractivity contribution in [1.82, 2.24) is 4.98 Å². The molecule has 2 N–H and O–H groups in total. The highest BCUT2D eigenvalue weighted by Crippen LogP contribution is 2.19. The van der Waals surface area contributed by atoms with Crippen molar-refractivity contribution in [2.45, 2.75) is 20.4 Å². The van der Waals surface area contributed by atoms with Crippen LogP contribution in [0.2, 0.25) is 5.15 Å². The highest BCUT2D eigenvalue weighted by molar-refractivity contribution is 6.29. The molecule has 0 spiro atoms. The minimum atomic E-state index is -1.09. The van der Waals surface area contributed by atoms with Crippen molar-refractivity contribution in [1.29, 1.82) is 0 Å². The smallest absolute Gasteiger partial charge is 0.339 e. The van der Waals surface area contributed by atoms with Gasteiger partial charge in [0.15, 0.2) is 0 Å². The highest BCUT2D eigenvalue weighted by atomic mass is 35.5. The third-order valence-corrected chi connectivity index (χ3v) is 3.26. The number of nitrogens with zero attached hydrogens (tertiary/aromatic N) is 1. The van der Waals surface area contributed by atoms with Gasteiger partial charge in [-0.1, -0.05) is 23.7 Å². The summed E-state index contributed by atoms with van der Waals surface area (Å²) < 4.78 is 13.6. The van der Waals surface area contributed by atoms with E-state index >= 15 is 0 Å². The van der Waals surface area contributed by atoms with Crippen LogP contribution in [0.4, 0.5) is 10.2 Å². The summed E-state index contributed by atoms with van der Waals surface area (Å²) in [6.07, 6.45) is 0. The molecule has 0 radical (unpaired) electrons. The summed E-state index contributed by atoms with van der Waals surface area (Å²) in [7, 11) is 0. The molecule has 0 fully saturated rings. The number of anilines is 1. The van der Waals surface area contributed by atoms with E-state index in [0.717, 1.165) is 5.56 Å². The maximum atomic E-state index is 13.6. The number of benzene rings is 1. The molecule has 6 heteroatoms. The first-order valence-corrected chi connectivity index (χ1v) is 6.65. The topological polar surface area (TPSA) is 62.2 Å². The van der Waals surface area contributed by atoms with Gasteiger partial charge in [-0.2, -0.15) is 0 Å². The third-order valence-electron chi connectivity index (χ3n) is 3.05. The molecule has 2 aromatic rings. The molecule has 0 aliphatic carbocycles. The number of aryl methyl sites for hydroxylation is 2. The molecule has 1 aromatic heterocycles. The number of carboxylic acids is 1. The van der Waals surface area contributed by atoms with Gasteiger partial charge in [-0.15, -0.1) is 0 Å². The lowest BCUT2D eigenvalue weighted by molar-refractivity contribution is 0.0697. The predicted octanol–water partition coefficient (Wildman–Crippen LogP) is 3.80. The summed E-state index contributed by atoms with van der Waals surface area (Å²) in [5, 5.41) is 12.2. The molecule has 2 rings (SSSR count). The monoisotopic (exact) mass is 308 g/mol. The van der Waals surface area contributed by atoms with Gasteiger partial charge in [0.2, 0.25) is 0 Å². The van der Waals surface area contributed by atoms with E-state index in [0.29, 0.717) is 17.7 Å². The van der Waals surface area contributed by atoms with Crippen LogP contribution in [0.15, 0.2) is 24.3 Å². The Morgan fingerprint density at radius 2 is 1.95 bits per heavy atom. The second kappa shape index (κ2) is 6.10. The normalized spacial score (nSPS) is 10.5. The summed E-state index contributed by atoms with van der Waals surface area (Å²) in [6.45, 7) is 3.70. The van der Waals surface area contributed by atoms with Crippen LogP contribution < -0.4 is 5.32 Å². The summed E-state index contributed by atoms with van der Waals surface area (Å²) in [6, 6.07) is 6.23. The lowest BCUT2D eigenvalue weighted by Crippen LogP contribution is -2.09. The van der Waals surface area contributed by atoms with E-state index in [9.17, 15) is 9.18 Å². The van der Waals surface area contributed by atoms with Crippen molar-refractivity contribution < 1.29 is 14.3 Å². The Kier molecular flexibility index (Phi) is 4.43. The average molecular weight is 309 g/mol. The Labute approximate surface area is 126 Å². The Bertz CT molecular complexity index is 681. The SMILES string of the molecule is Cc1cc(CNc2nc(Cl)ccc2C(=O)O)cc(C)c1F. The van der Waals surface area contributed by atoms with Crippen molar-refractivity contribution in [2.75, 3.05) is 5.32 Å². The van der Waals surface area contributed by atoms with Crippen LogP contribution in [0.1, 0.15) is 27.0 Å². The maximum absolute atomic E-state index is 13.6. The van der Waals surface area contributed by atoms with Gasteiger partial charge in [-0.05, 0) is 42.7 Å². The zero-order chi connectivity index (χ0) is 15.6. The first-order chi connectivity index (χ1) is 9.88. The lowest BCUT2D eigenvalue weighted by Gasteiger charge is -2.11. The Balaban J connectivity index is 2.24. The van der Waals surface area contributed by atoms with Crippen LogP contribution in [0.5, 0.6) is 0 Å². The van der Waals surface area contributed by atoms with Gasteiger partial charge in [0, 0.05) is 6.54 Å². The van der Waals surface area contributed by atoms with Crippen LogP contribution in [0.3, 0.4) is 0 Å². The maximum Gasteiger partial charge on any atom is 0.339 e. The fourth-order valence-electron chi connectivity index (χ4n) is 2.07. The van der Waals surface area contributed by atoms with Crippen molar-refractivity contribution in [3.8, 4) is 0 Å². The molecule has 110 valence electrons. The summed E-state index contributed by atoms with van der Waals surface area (Å²) in [5.41, 5.74) is 1.97. The first kappa shape index (κ1) is 15.3. The zero-order valence-corrected chi connectivity index (χ0v) is 12.3. The van der Waals surface area contributed by atoms with Gasteiger partial charge in [0.05, 0.1) is 0 Å². The van der Waals surface area contributed by atoms with Crippen molar-refractivity contribution >= 4 is 23.4 Å². The molecule has 0 amide bonds. The number of hydrogen-bond donors (Lipinski definition) is 2. The van der Waals surface area contributed by atoms with Crippen LogP contribution in [0.25, 0.3) is 0 Å². The predicted molar refractivity (Wildman–Crippen MR) is 79.4 cm³/mol. The summed E-state index contributed by atoms with van der Waals surface area (Å²) in [5.74, 6) is -1.13. The molecular weight excluding hydrogens is 295 g/mol. The van der Waals surface area contributed by atoms with E-state index in [1.54, 1.807) is 26.0 Å². The summed E-state index contributed by atoms with van der Waals surface area (Å²) >= 11 is 5.78. The second-order valence-corrected chi connectivity index (χ2v) is 5.12. The number of hydrogen-bond acceptors (Lipinski definition) is 3. The first-order valence-electron chi connectivity index (χ1n) is 6.28. The highest BCUT2D eigenvalue weighted by Gasteiger charge is 2.12. The van der Waals surface area contributed by atoms with E-state index in [4.69, 9.17) is 16.7 Å². The molecule has 0 saturated heterocycles. The number of rotatable bonds is 4. The zero-order valence-electron chi connectivity index (χ0n) is 11.6. The van der Waals surface area contributed by atoms with Gasteiger partial charge in [0.1, 0.15) is 22.4 Å². The third kappa shape index (κ3) is 3.49. The number of pyridine rings is 1. The minimum Gasteiger partial charge on any atom is -0.478 e. The van der Waals surface area contributed by atoms with Crippen LogP contribution >= 0.6 is 11.6 Å². The van der Waals surface area contributed by atoms with Crippen molar-refractivity contribution in [3.63, 3.8) is 0 Å². The van der Waals surface area contributed by atoms with Gasteiger partial charge in [-0.25, -0.2) is 14.2 Å². The van der Waals surface area contributed by atoms with Crippen molar-refractivity contribution in [3.05, 3.63) is 57.5 Å². The Morgan fingerprint density at radius 3 is 2.52 bits per heavy atom. The minimum absolute atomic E-state index is 0.0370. The van der Waals surface area contributed by atoms with Gasteiger partial charge in [0.25, 0.3) is 0 Å². The number of aromatic carboxylic acids is 1. The van der Waals surface area contributed by atoms with E-state index in [2.05, 4.69) is 10.3 Å². The Hall–Kier alpha value is -2.14. The average Bonchev–Trinajstić information content (AvgIpc) is 2.42. The fraction of sp³-hybridized carbons (Fsp3) is 0.200.